The smallest absolute Gasteiger partial charge is 0.374 e. The molecule has 78 valence electrons. The Morgan fingerprint density at radius 2 is 2.00 bits per heavy atom. The molecule has 1 rings (SSSR count). The molecule has 0 saturated heterocycles. The quantitative estimate of drug-likeness (QED) is 0.697. The molecule has 0 radical (unpaired) electrons. The summed E-state index contributed by atoms with van der Waals surface area (Å²) in [5.41, 5.74) is 2.01. The summed E-state index contributed by atoms with van der Waals surface area (Å²) < 4.78 is 10.3. The molecule has 1 aromatic heterocycles. The lowest BCUT2D eigenvalue weighted by Crippen LogP contribution is -2.04. The van der Waals surface area contributed by atoms with E-state index in [-0.39, 0.29) is 5.97 Å². The first-order valence-electron chi connectivity index (χ1n) is 4.87. The molecule has 3 heteroatoms. The third-order valence-electron chi connectivity index (χ3n) is 2.29. The van der Waals surface area contributed by atoms with Crippen molar-refractivity contribution in [2.45, 2.75) is 34.1 Å². The summed E-state index contributed by atoms with van der Waals surface area (Å²) in [5, 5.41) is 0. The third-order valence-corrected chi connectivity index (χ3v) is 2.29. The summed E-state index contributed by atoms with van der Waals surface area (Å²) in [6, 6.07) is 0. The van der Waals surface area contributed by atoms with E-state index in [1.54, 1.807) is 6.92 Å². The minimum absolute atomic E-state index is 0.348. The molecule has 0 aliphatic heterocycles. The van der Waals surface area contributed by atoms with Crippen LogP contribution in [0.25, 0.3) is 0 Å². The van der Waals surface area contributed by atoms with Gasteiger partial charge in [-0.15, -0.1) is 0 Å². The van der Waals surface area contributed by atoms with E-state index in [0.717, 1.165) is 23.3 Å². The van der Waals surface area contributed by atoms with E-state index in [0.29, 0.717) is 12.4 Å². The van der Waals surface area contributed by atoms with Gasteiger partial charge in [0, 0.05) is 5.56 Å². The second kappa shape index (κ2) is 4.31. The van der Waals surface area contributed by atoms with Crippen molar-refractivity contribution in [3.05, 3.63) is 22.6 Å². The first-order chi connectivity index (χ1) is 6.61. The number of ether oxygens (including phenoxy) is 1. The zero-order chi connectivity index (χ0) is 10.7. The van der Waals surface area contributed by atoms with E-state index < -0.39 is 0 Å². The molecule has 0 N–H and O–H groups in total. The van der Waals surface area contributed by atoms with Crippen LogP contribution in [0.5, 0.6) is 0 Å². The Labute approximate surface area is 84.1 Å². The Morgan fingerprint density at radius 1 is 1.36 bits per heavy atom. The molecule has 0 saturated carbocycles. The fourth-order valence-corrected chi connectivity index (χ4v) is 1.60. The lowest BCUT2D eigenvalue weighted by molar-refractivity contribution is 0.0487. The van der Waals surface area contributed by atoms with Crippen molar-refractivity contribution in [2.24, 2.45) is 0 Å². The molecule has 1 aromatic rings. The molecular formula is C11H16O3. The van der Waals surface area contributed by atoms with Gasteiger partial charge < -0.3 is 9.15 Å². The predicted molar refractivity (Wildman–Crippen MR) is 53.5 cm³/mol. The number of aryl methyl sites for hydroxylation is 1. The van der Waals surface area contributed by atoms with Crippen LogP contribution >= 0.6 is 0 Å². The summed E-state index contributed by atoms with van der Waals surface area (Å²) in [4.78, 5) is 11.4. The average Bonchev–Trinajstić information content (AvgIpc) is 2.42. The highest BCUT2D eigenvalue weighted by molar-refractivity contribution is 5.88. The van der Waals surface area contributed by atoms with Crippen LogP contribution in [0.15, 0.2) is 4.42 Å². The van der Waals surface area contributed by atoms with Crippen LogP contribution in [0.2, 0.25) is 0 Å². The zero-order valence-electron chi connectivity index (χ0n) is 9.14. The Hall–Kier alpha value is -1.25. The van der Waals surface area contributed by atoms with Crippen molar-refractivity contribution in [1.82, 2.24) is 0 Å². The van der Waals surface area contributed by atoms with Crippen LogP contribution in [0.1, 0.15) is 41.3 Å². The van der Waals surface area contributed by atoms with E-state index in [1.165, 1.54) is 0 Å². The van der Waals surface area contributed by atoms with Crippen molar-refractivity contribution < 1.29 is 13.9 Å². The molecule has 0 aliphatic rings. The molecule has 1 heterocycles. The molecule has 0 aliphatic carbocycles. The monoisotopic (exact) mass is 196 g/mol. The van der Waals surface area contributed by atoms with Gasteiger partial charge in [-0.1, -0.05) is 6.92 Å². The van der Waals surface area contributed by atoms with Crippen LogP contribution < -0.4 is 0 Å². The first-order valence-corrected chi connectivity index (χ1v) is 4.87. The molecule has 0 fully saturated rings. The number of carbonyl (C=O) groups excluding carboxylic acids is 1. The topological polar surface area (TPSA) is 39.4 Å². The van der Waals surface area contributed by atoms with Gasteiger partial charge in [0.1, 0.15) is 5.76 Å². The van der Waals surface area contributed by atoms with Gasteiger partial charge in [0.25, 0.3) is 0 Å². The van der Waals surface area contributed by atoms with E-state index in [9.17, 15) is 4.79 Å². The highest BCUT2D eigenvalue weighted by Gasteiger charge is 2.19. The van der Waals surface area contributed by atoms with Gasteiger partial charge in [0.05, 0.1) is 6.61 Å². The van der Waals surface area contributed by atoms with Gasteiger partial charge in [0.15, 0.2) is 0 Å². The second-order valence-corrected chi connectivity index (χ2v) is 3.16. The van der Waals surface area contributed by atoms with Gasteiger partial charge in [0.2, 0.25) is 5.76 Å². The van der Waals surface area contributed by atoms with Gasteiger partial charge in [-0.2, -0.15) is 0 Å². The van der Waals surface area contributed by atoms with Crippen LogP contribution in [0.3, 0.4) is 0 Å². The summed E-state index contributed by atoms with van der Waals surface area (Å²) in [6.07, 6.45) is 0.876. The number of carbonyl (C=O) groups is 1. The summed E-state index contributed by atoms with van der Waals surface area (Å²) >= 11 is 0. The zero-order valence-corrected chi connectivity index (χ0v) is 9.14. The average molecular weight is 196 g/mol. The van der Waals surface area contributed by atoms with E-state index in [2.05, 4.69) is 0 Å². The van der Waals surface area contributed by atoms with Crippen LogP contribution in [0, 0.1) is 13.8 Å². The number of hydrogen-bond acceptors (Lipinski definition) is 3. The molecule has 14 heavy (non-hydrogen) atoms. The van der Waals surface area contributed by atoms with Crippen LogP contribution in [0.4, 0.5) is 0 Å². The molecular weight excluding hydrogens is 180 g/mol. The first kappa shape index (κ1) is 10.8. The number of rotatable bonds is 3. The molecule has 0 aromatic carbocycles. The lowest BCUT2D eigenvalue weighted by atomic mass is 10.1. The molecule has 0 bridgehead atoms. The molecule has 0 atom stereocenters. The lowest BCUT2D eigenvalue weighted by Gasteiger charge is -1.98. The van der Waals surface area contributed by atoms with Crippen LogP contribution in [-0.2, 0) is 11.2 Å². The standard InChI is InChI=1S/C11H16O3/c1-5-9-7(3)10(14-8(9)4)11(12)13-6-2/h5-6H2,1-4H3. The molecule has 3 nitrogen and oxygen atoms in total. The summed E-state index contributed by atoms with van der Waals surface area (Å²) in [6.45, 7) is 7.96. The Morgan fingerprint density at radius 3 is 2.43 bits per heavy atom. The van der Waals surface area contributed by atoms with Crippen molar-refractivity contribution in [3.63, 3.8) is 0 Å². The van der Waals surface area contributed by atoms with Crippen LogP contribution in [-0.4, -0.2) is 12.6 Å². The molecule has 0 amide bonds. The summed E-state index contributed by atoms with van der Waals surface area (Å²) in [7, 11) is 0. The van der Waals surface area contributed by atoms with Gasteiger partial charge >= 0.3 is 5.97 Å². The SMILES string of the molecule is CCOC(=O)c1oc(C)c(CC)c1C. The van der Waals surface area contributed by atoms with E-state index in [4.69, 9.17) is 9.15 Å². The minimum Gasteiger partial charge on any atom is -0.460 e. The highest BCUT2D eigenvalue weighted by Crippen LogP contribution is 2.22. The largest absolute Gasteiger partial charge is 0.460 e. The summed E-state index contributed by atoms with van der Waals surface area (Å²) in [5.74, 6) is 0.794. The fourth-order valence-electron chi connectivity index (χ4n) is 1.60. The third kappa shape index (κ3) is 1.81. The molecule has 0 spiro atoms. The maximum Gasteiger partial charge on any atom is 0.374 e. The Bertz CT molecular complexity index is 337. The second-order valence-electron chi connectivity index (χ2n) is 3.16. The number of furan rings is 1. The van der Waals surface area contributed by atoms with Gasteiger partial charge in [-0.25, -0.2) is 4.79 Å². The van der Waals surface area contributed by atoms with Gasteiger partial charge in [-0.3, -0.25) is 0 Å². The molecule has 0 unspecified atom stereocenters. The van der Waals surface area contributed by atoms with Crippen molar-refractivity contribution in [3.8, 4) is 0 Å². The van der Waals surface area contributed by atoms with E-state index in [1.807, 2.05) is 20.8 Å². The number of hydrogen-bond donors (Lipinski definition) is 0. The Balaban J connectivity index is 3.04. The van der Waals surface area contributed by atoms with Crippen molar-refractivity contribution in [2.75, 3.05) is 6.61 Å². The highest BCUT2D eigenvalue weighted by atomic mass is 16.5. The van der Waals surface area contributed by atoms with E-state index >= 15 is 0 Å². The Kier molecular flexibility index (Phi) is 3.33. The van der Waals surface area contributed by atoms with Gasteiger partial charge in [-0.05, 0) is 32.8 Å². The number of esters is 1. The normalized spacial score (nSPS) is 10.3. The maximum atomic E-state index is 11.4. The predicted octanol–water partition coefficient (Wildman–Crippen LogP) is 2.64. The fraction of sp³-hybridized carbons (Fsp3) is 0.545. The maximum absolute atomic E-state index is 11.4. The van der Waals surface area contributed by atoms with Crippen molar-refractivity contribution in [1.29, 1.82) is 0 Å². The minimum atomic E-state index is -0.368. The van der Waals surface area contributed by atoms with Crippen molar-refractivity contribution >= 4 is 5.97 Å².